The molecule has 64 valence electrons. The summed E-state index contributed by atoms with van der Waals surface area (Å²) >= 11 is 0. The van der Waals surface area contributed by atoms with Gasteiger partial charge in [0.15, 0.2) is 0 Å². The topological polar surface area (TPSA) is 26.3 Å². The van der Waals surface area contributed by atoms with Crippen molar-refractivity contribution >= 4 is 19.3 Å². The van der Waals surface area contributed by atoms with Crippen molar-refractivity contribution in [2.45, 2.75) is 6.61 Å². The first kappa shape index (κ1) is 9.58. The molecule has 0 aromatic heterocycles. The minimum atomic E-state index is -0.428. The Morgan fingerprint density at radius 2 is 2.38 bits per heavy atom. The fourth-order valence-corrected chi connectivity index (χ4v) is 0.896. The predicted octanol–water partition coefficient (Wildman–Crippen LogP) is 0.710. The van der Waals surface area contributed by atoms with Crippen LogP contribution in [0.2, 0.25) is 0 Å². The number of benzene rings is 1. The van der Waals surface area contributed by atoms with Gasteiger partial charge in [-0.25, -0.2) is 4.79 Å². The van der Waals surface area contributed by atoms with E-state index in [-0.39, 0.29) is 6.61 Å². The van der Waals surface area contributed by atoms with E-state index in [1.807, 2.05) is 12.1 Å². The van der Waals surface area contributed by atoms with E-state index < -0.39 is 5.97 Å². The maximum absolute atomic E-state index is 10.7. The van der Waals surface area contributed by atoms with Crippen LogP contribution in [0, 0.1) is 0 Å². The van der Waals surface area contributed by atoms with Crippen LogP contribution in [-0.4, -0.2) is 13.8 Å². The van der Waals surface area contributed by atoms with Gasteiger partial charge in [-0.1, -0.05) is 36.3 Å². The van der Waals surface area contributed by atoms with Crippen LogP contribution in [-0.2, 0) is 16.1 Å². The summed E-state index contributed by atoms with van der Waals surface area (Å²) in [6.45, 7) is 3.52. The second kappa shape index (κ2) is 4.50. The van der Waals surface area contributed by atoms with E-state index in [1.165, 1.54) is 0 Å². The molecular formula is C10H9BO2. The zero-order valence-electron chi connectivity index (χ0n) is 7.19. The van der Waals surface area contributed by atoms with E-state index in [2.05, 4.69) is 6.58 Å². The molecule has 1 aromatic carbocycles. The first-order chi connectivity index (χ1) is 6.22. The number of carbonyl (C=O) groups is 1. The molecular weight excluding hydrogens is 163 g/mol. The van der Waals surface area contributed by atoms with E-state index >= 15 is 0 Å². The molecule has 2 radical (unpaired) electrons. The van der Waals surface area contributed by atoms with Crippen LogP contribution in [0.1, 0.15) is 5.56 Å². The van der Waals surface area contributed by atoms with Crippen molar-refractivity contribution in [1.29, 1.82) is 0 Å². The number of esters is 1. The molecule has 0 atom stereocenters. The lowest BCUT2D eigenvalue weighted by Gasteiger charge is -2.02. The Hall–Kier alpha value is -1.51. The van der Waals surface area contributed by atoms with Crippen LogP contribution in [0.15, 0.2) is 36.9 Å². The normalized spacial score (nSPS) is 9.23. The van der Waals surface area contributed by atoms with Gasteiger partial charge in [0.25, 0.3) is 0 Å². The summed E-state index contributed by atoms with van der Waals surface area (Å²) in [4.78, 5) is 10.7. The molecule has 0 aliphatic heterocycles. The third-order valence-corrected chi connectivity index (χ3v) is 1.50. The number of ether oxygens (including phenoxy) is 1. The van der Waals surface area contributed by atoms with Gasteiger partial charge in [-0.2, -0.15) is 0 Å². The standard InChI is InChI=1S/C10H9BO2/c1-2-10(12)13-7-8-4-3-5-9(11)6-8/h2-6H,1,7H2. The van der Waals surface area contributed by atoms with Crippen molar-refractivity contribution in [3.8, 4) is 0 Å². The van der Waals surface area contributed by atoms with Gasteiger partial charge in [0.05, 0.1) is 0 Å². The van der Waals surface area contributed by atoms with Crippen LogP contribution in [0.4, 0.5) is 0 Å². The first-order valence-corrected chi connectivity index (χ1v) is 3.86. The van der Waals surface area contributed by atoms with E-state index in [0.717, 1.165) is 11.6 Å². The number of rotatable bonds is 3. The third-order valence-electron chi connectivity index (χ3n) is 1.50. The summed E-state index contributed by atoms with van der Waals surface area (Å²) in [6, 6.07) is 7.19. The first-order valence-electron chi connectivity index (χ1n) is 3.86. The minimum absolute atomic E-state index is 0.232. The van der Waals surface area contributed by atoms with Gasteiger partial charge in [-0.15, -0.1) is 0 Å². The molecule has 0 saturated carbocycles. The molecule has 0 aliphatic rings. The van der Waals surface area contributed by atoms with Crippen LogP contribution in [0.25, 0.3) is 0 Å². The number of hydrogen-bond acceptors (Lipinski definition) is 2. The van der Waals surface area contributed by atoms with Crippen LogP contribution >= 0.6 is 0 Å². The lowest BCUT2D eigenvalue weighted by atomic mass is 9.95. The molecule has 0 N–H and O–H groups in total. The Bertz CT molecular complexity index is 320. The monoisotopic (exact) mass is 172 g/mol. The molecule has 2 nitrogen and oxygen atoms in total. The maximum Gasteiger partial charge on any atom is 0.330 e. The highest BCUT2D eigenvalue weighted by molar-refractivity contribution is 6.32. The van der Waals surface area contributed by atoms with Crippen LogP contribution in [0.3, 0.4) is 0 Å². The minimum Gasteiger partial charge on any atom is -0.458 e. The van der Waals surface area contributed by atoms with Gasteiger partial charge >= 0.3 is 5.97 Å². The highest BCUT2D eigenvalue weighted by Gasteiger charge is 1.96. The van der Waals surface area contributed by atoms with Crippen molar-refractivity contribution in [2.75, 3.05) is 0 Å². The Kier molecular flexibility index (Phi) is 3.32. The van der Waals surface area contributed by atoms with E-state index in [1.54, 1.807) is 12.1 Å². The molecule has 0 aliphatic carbocycles. The summed E-state index contributed by atoms with van der Waals surface area (Å²) in [5.41, 5.74) is 1.53. The lowest BCUT2D eigenvalue weighted by molar-refractivity contribution is -0.138. The summed E-state index contributed by atoms with van der Waals surface area (Å²) in [7, 11) is 5.54. The third kappa shape index (κ3) is 3.15. The molecule has 1 rings (SSSR count). The fourth-order valence-electron chi connectivity index (χ4n) is 0.896. The molecule has 13 heavy (non-hydrogen) atoms. The quantitative estimate of drug-likeness (QED) is 0.381. The van der Waals surface area contributed by atoms with Gasteiger partial charge in [-0.3, -0.25) is 0 Å². The molecule has 0 heterocycles. The molecule has 1 aromatic rings. The van der Waals surface area contributed by atoms with Crippen molar-refractivity contribution in [3.05, 3.63) is 42.5 Å². The van der Waals surface area contributed by atoms with Crippen LogP contribution < -0.4 is 5.46 Å². The zero-order chi connectivity index (χ0) is 9.68. The van der Waals surface area contributed by atoms with Gasteiger partial charge < -0.3 is 4.74 Å². The zero-order valence-corrected chi connectivity index (χ0v) is 7.19. The lowest BCUT2D eigenvalue weighted by Crippen LogP contribution is -2.05. The highest BCUT2D eigenvalue weighted by Crippen LogP contribution is 1.98. The number of hydrogen-bond donors (Lipinski definition) is 0. The van der Waals surface area contributed by atoms with Gasteiger partial charge in [0.1, 0.15) is 14.5 Å². The maximum atomic E-state index is 10.7. The average Bonchev–Trinajstić information content (AvgIpc) is 2.14. The molecule has 0 bridgehead atoms. The van der Waals surface area contributed by atoms with Crippen LogP contribution in [0.5, 0.6) is 0 Å². The Balaban J connectivity index is 2.54. The molecule has 0 saturated heterocycles. The van der Waals surface area contributed by atoms with E-state index in [9.17, 15) is 4.79 Å². The predicted molar refractivity (Wildman–Crippen MR) is 51.8 cm³/mol. The summed E-state index contributed by atoms with van der Waals surface area (Å²) in [5.74, 6) is -0.428. The Morgan fingerprint density at radius 1 is 1.62 bits per heavy atom. The summed E-state index contributed by atoms with van der Waals surface area (Å²) in [5, 5.41) is 0. The fraction of sp³-hybridized carbons (Fsp3) is 0.100. The van der Waals surface area contributed by atoms with Crippen molar-refractivity contribution in [3.63, 3.8) is 0 Å². The number of carbonyl (C=O) groups excluding carboxylic acids is 1. The van der Waals surface area contributed by atoms with E-state index in [4.69, 9.17) is 12.6 Å². The van der Waals surface area contributed by atoms with E-state index in [0.29, 0.717) is 5.46 Å². The highest BCUT2D eigenvalue weighted by atomic mass is 16.5. The smallest absolute Gasteiger partial charge is 0.330 e. The molecule has 0 unspecified atom stereocenters. The van der Waals surface area contributed by atoms with Crippen molar-refractivity contribution < 1.29 is 9.53 Å². The van der Waals surface area contributed by atoms with Gasteiger partial charge in [0, 0.05) is 6.08 Å². The second-order valence-corrected chi connectivity index (χ2v) is 2.56. The molecule has 0 spiro atoms. The molecule has 0 fully saturated rings. The second-order valence-electron chi connectivity index (χ2n) is 2.56. The average molecular weight is 172 g/mol. The van der Waals surface area contributed by atoms with Gasteiger partial charge in [-0.05, 0) is 5.56 Å². The molecule has 0 amide bonds. The largest absolute Gasteiger partial charge is 0.458 e. The summed E-state index contributed by atoms with van der Waals surface area (Å²) in [6.07, 6.45) is 1.13. The summed E-state index contributed by atoms with van der Waals surface area (Å²) < 4.78 is 4.82. The Labute approximate surface area is 78.6 Å². The van der Waals surface area contributed by atoms with Gasteiger partial charge in [0.2, 0.25) is 0 Å². The van der Waals surface area contributed by atoms with Crippen molar-refractivity contribution in [1.82, 2.24) is 0 Å². The molecule has 3 heteroatoms. The SMILES string of the molecule is [B]c1cccc(COC(=O)C=C)c1. The Morgan fingerprint density at radius 3 is 3.00 bits per heavy atom. The van der Waals surface area contributed by atoms with Crippen molar-refractivity contribution in [2.24, 2.45) is 0 Å².